The average Bonchev–Trinajstić information content (AvgIpc) is 2.65. The van der Waals surface area contributed by atoms with Gasteiger partial charge in [0, 0.05) is 29.3 Å². The van der Waals surface area contributed by atoms with Crippen LogP contribution in [0.4, 0.5) is 5.69 Å². The minimum absolute atomic E-state index is 0.767. The summed E-state index contributed by atoms with van der Waals surface area (Å²) in [7, 11) is 0. The highest BCUT2D eigenvalue weighted by Crippen LogP contribution is 2.27. The lowest BCUT2D eigenvalue weighted by Crippen LogP contribution is -1.81. The molecule has 19 heavy (non-hydrogen) atoms. The lowest BCUT2D eigenvalue weighted by Gasteiger charge is -2.02. The van der Waals surface area contributed by atoms with Crippen molar-refractivity contribution in [3.63, 3.8) is 0 Å². The molecule has 0 spiro atoms. The van der Waals surface area contributed by atoms with Crippen LogP contribution >= 0.6 is 0 Å². The van der Waals surface area contributed by atoms with Gasteiger partial charge < -0.3 is 0 Å². The van der Waals surface area contributed by atoms with E-state index >= 15 is 0 Å². The third kappa shape index (κ3) is 3.43. The molecular formula is C18H15N. The van der Waals surface area contributed by atoms with Gasteiger partial charge in [-0.1, -0.05) is 61.4 Å². The first-order chi connectivity index (χ1) is 9.31. The first kappa shape index (κ1) is 12.9. The zero-order valence-corrected chi connectivity index (χ0v) is 10.8. The highest BCUT2D eigenvalue weighted by atomic mass is 14.7. The molecule has 0 saturated heterocycles. The van der Waals surface area contributed by atoms with Gasteiger partial charge in [-0.3, -0.25) is 4.99 Å². The number of aliphatic imine (C=N–C) groups is 1. The minimum Gasteiger partial charge on any atom is -0.260 e. The first-order valence-electron chi connectivity index (χ1n) is 6.13. The van der Waals surface area contributed by atoms with E-state index in [2.05, 4.69) is 36.1 Å². The van der Waals surface area contributed by atoms with E-state index in [9.17, 15) is 0 Å². The monoisotopic (exact) mass is 245 g/mol. The number of para-hydroxylation sites is 1. The highest BCUT2D eigenvalue weighted by Gasteiger charge is 2.06. The molecule has 2 rings (SSSR count). The summed E-state index contributed by atoms with van der Waals surface area (Å²) in [6.45, 7) is 7.51. The molecule has 0 N–H and O–H groups in total. The second kappa shape index (κ2) is 6.37. The van der Waals surface area contributed by atoms with Crippen molar-refractivity contribution in [1.82, 2.24) is 0 Å². The van der Waals surface area contributed by atoms with Crippen LogP contribution in [0.25, 0.3) is 5.57 Å². The molecule has 0 fully saturated rings. The van der Waals surface area contributed by atoms with Gasteiger partial charge in [-0.2, -0.15) is 0 Å². The van der Waals surface area contributed by atoms with Gasteiger partial charge >= 0.3 is 0 Å². The van der Waals surface area contributed by atoms with Gasteiger partial charge in [0.1, 0.15) is 0 Å². The quantitative estimate of drug-likeness (QED) is 0.538. The largest absolute Gasteiger partial charge is 0.260 e. The van der Waals surface area contributed by atoms with E-state index in [1.54, 1.807) is 6.08 Å². The van der Waals surface area contributed by atoms with Crippen molar-refractivity contribution < 1.29 is 0 Å². The topological polar surface area (TPSA) is 12.4 Å². The van der Waals surface area contributed by atoms with Gasteiger partial charge in [0.15, 0.2) is 0 Å². The Morgan fingerprint density at radius 3 is 3.00 bits per heavy atom. The molecule has 1 nitrogen and oxygen atoms in total. The summed E-state index contributed by atoms with van der Waals surface area (Å²) in [4.78, 5) is 4.42. The third-order valence-electron chi connectivity index (χ3n) is 2.64. The molecule has 0 unspecified atom stereocenters. The lowest BCUT2D eigenvalue weighted by atomic mass is 10.0. The predicted octanol–water partition coefficient (Wildman–Crippen LogP) is 4.48. The lowest BCUT2D eigenvalue weighted by molar-refractivity contribution is 1.49. The molecule has 0 aliphatic carbocycles. The zero-order valence-electron chi connectivity index (χ0n) is 10.8. The molecule has 0 radical (unpaired) electrons. The van der Waals surface area contributed by atoms with Crippen LogP contribution in [0.3, 0.4) is 0 Å². The summed E-state index contributed by atoms with van der Waals surface area (Å²) in [5, 5.41) is 0. The molecule has 1 aliphatic rings. The van der Waals surface area contributed by atoms with Crippen LogP contribution in [0, 0.1) is 11.8 Å². The molecule has 0 bridgehead atoms. The van der Waals surface area contributed by atoms with E-state index in [0.29, 0.717) is 0 Å². The third-order valence-corrected chi connectivity index (χ3v) is 2.64. The van der Waals surface area contributed by atoms with Gasteiger partial charge in [0.25, 0.3) is 0 Å². The van der Waals surface area contributed by atoms with Gasteiger partial charge in [-0.15, -0.1) is 0 Å². The molecule has 1 aromatic carbocycles. The Morgan fingerprint density at radius 1 is 1.32 bits per heavy atom. The molecule has 0 amide bonds. The smallest absolute Gasteiger partial charge is 0.0710 e. The highest BCUT2D eigenvalue weighted by molar-refractivity contribution is 5.89. The van der Waals surface area contributed by atoms with Crippen LogP contribution in [0.15, 0.2) is 72.3 Å². The second-order valence-corrected chi connectivity index (χ2v) is 4.05. The van der Waals surface area contributed by atoms with Crippen molar-refractivity contribution in [1.29, 1.82) is 0 Å². The summed E-state index contributed by atoms with van der Waals surface area (Å²) in [6.07, 6.45) is 10.2. The van der Waals surface area contributed by atoms with E-state index in [-0.39, 0.29) is 0 Å². The van der Waals surface area contributed by atoms with Crippen LogP contribution in [0.2, 0.25) is 0 Å². The Balaban J connectivity index is 2.30. The van der Waals surface area contributed by atoms with Gasteiger partial charge in [0.05, 0.1) is 5.69 Å². The van der Waals surface area contributed by atoms with Crippen molar-refractivity contribution in [2.75, 3.05) is 0 Å². The Labute approximate surface area is 114 Å². The van der Waals surface area contributed by atoms with Crippen molar-refractivity contribution >= 4 is 17.5 Å². The number of nitrogens with zero attached hydrogens (tertiary/aromatic N) is 1. The van der Waals surface area contributed by atoms with Crippen LogP contribution in [0.1, 0.15) is 12.0 Å². The fraction of sp³-hybridized carbons (Fsp3) is 0.0556. The summed E-state index contributed by atoms with van der Waals surface area (Å²) in [6, 6.07) is 8.03. The van der Waals surface area contributed by atoms with Gasteiger partial charge in [-0.05, 0) is 12.1 Å². The van der Waals surface area contributed by atoms with E-state index < -0.39 is 0 Å². The normalized spacial score (nSPS) is 12.9. The standard InChI is InChI=1S/C18H15N/c1-3-4-8-15(2)12-13-16-9-7-14-19-18-11-6-5-10-17(16)18/h3-6,8-11,14H,1-2,7H2/b8-4-. The van der Waals surface area contributed by atoms with Crippen LogP contribution < -0.4 is 0 Å². The Kier molecular flexibility index (Phi) is 4.31. The minimum atomic E-state index is 0.767. The number of rotatable bonds is 2. The van der Waals surface area contributed by atoms with Crippen LogP contribution in [-0.2, 0) is 0 Å². The first-order valence-corrected chi connectivity index (χ1v) is 6.13. The van der Waals surface area contributed by atoms with Crippen molar-refractivity contribution in [3.8, 4) is 11.8 Å². The number of benzene rings is 1. The fourth-order valence-electron chi connectivity index (χ4n) is 1.74. The molecule has 1 heteroatoms. The molecule has 1 aliphatic heterocycles. The van der Waals surface area contributed by atoms with E-state index in [1.165, 1.54) is 0 Å². The van der Waals surface area contributed by atoms with Crippen molar-refractivity contribution in [2.24, 2.45) is 4.99 Å². The van der Waals surface area contributed by atoms with Crippen LogP contribution in [0.5, 0.6) is 0 Å². The maximum atomic E-state index is 4.42. The summed E-state index contributed by atoms with van der Waals surface area (Å²) in [5.41, 5.74) is 3.81. The molecule has 1 aromatic rings. The molecule has 0 aromatic heterocycles. The Bertz CT molecular complexity index is 646. The maximum Gasteiger partial charge on any atom is 0.0710 e. The second-order valence-electron chi connectivity index (χ2n) is 4.05. The maximum absolute atomic E-state index is 4.42. The molecule has 0 atom stereocenters. The number of hydrogen-bond donors (Lipinski definition) is 0. The Morgan fingerprint density at radius 2 is 2.16 bits per heavy atom. The average molecular weight is 245 g/mol. The van der Waals surface area contributed by atoms with E-state index in [1.807, 2.05) is 42.6 Å². The summed E-state index contributed by atoms with van der Waals surface area (Å²) < 4.78 is 0. The number of allylic oxidation sites excluding steroid dienone is 6. The van der Waals surface area contributed by atoms with Gasteiger partial charge in [0.2, 0.25) is 0 Å². The Hall–Kier alpha value is -2.59. The van der Waals surface area contributed by atoms with Crippen LogP contribution in [-0.4, -0.2) is 6.21 Å². The summed E-state index contributed by atoms with van der Waals surface area (Å²) >= 11 is 0. The molecule has 0 saturated carbocycles. The molecule has 1 heterocycles. The van der Waals surface area contributed by atoms with E-state index in [4.69, 9.17) is 0 Å². The number of hydrogen-bond acceptors (Lipinski definition) is 1. The zero-order chi connectivity index (χ0) is 13.5. The summed E-state index contributed by atoms with van der Waals surface area (Å²) in [5.74, 6) is 6.23. The number of fused-ring (bicyclic) bond motifs is 1. The van der Waals surface area contributed by atoms with Crippen molar-refractivity contribution in [2.45, 2.75) is 6.42 Å². The fourth-order valence-corrected chi connectivity index (χ4v) is 1.74. The molecular weight excluding hydrogens is 230 g/mol. The van der Waals surface area contributed by atoms with Gasteiger partial charge in [-0.25, -0.2) is 0 Å². The van der Waals surface area contributed by atoms with Crippen molar-refractivity contribution in [3.05, 3.63) is 72.9 Å². The van der Waals surface area contributed by atoms with E-state index in [0.717, 1.165) is 28.8 Å². The predicted molar refractivity (Wildman–Crippen MR) is 83.4 cm³/mol. The SMILES string of the molecule is C=C/C=C\C(=C)C#CC1=CCC=Nc2ccccc21. The molecule has 92 valence electrons.